The molecule has 0 aromatic heterocycles. The standard InChI is InChI=1S/C26H20Br2N2/c1-18(15-22(16-29)19-7-11-23(27)12-8-19)26(21-5-3-2-4-6-21)25(17-30)20-9-13-24(28)14-10-20/h2-15,18,25-26H,1H3/b22-15-. The van der Waals surface area contributed by atoms with Crippen molar-refractivity contribution in [3.8, 4) is 12.1 Å². The van der Waals surface area contributed by atoms with Crippen LogP contribution in [0.4, 0.5) is 0 Å². The number of hydrogen-bond donors (Lipinski definition) is 0. The third kappa shape index (κ3) is 5.28. The summed E-state index contributed by atoms with van der Waals surface area (Å²) in [7, 11) is 0. The maximum Gasteiger partial charge on any atom is 0.0994 e. The molecule has 0 saturated heterocycles. The molecule has 0 saturated carbocycles. The average molecular weight is 520 g/mol. The monoisotopic (exact) mass is 518 g/mol. The molecule has 30 heavy (non-hydrogen) atoms. The van der Waals surface area contributed by atoms with Gasteiger partial charge < -0.3 is 0 Å². The fourth-order valence-electron chi connectivity index (χ4n) is 3.70. The largest absolute Gasteiger partial charge is 0.198 e. The van der Waals surface area contributed by atoms with Gasteiger partial charge in [0.15, 0.2) is 0 Å². The van der Waals surface area contributed by atoms with Crippen molar-refractivity contribution in [1.82, 2.24) is 0 Å². The lowest BCUT2D eigenvalue weighted by molar-refractivity contribution is 0.508. The molecule has 0 aliphatic heterocycles. The van der Waals surface area contributed by atoms with E-state index < -0.39 is 0 Å². The van der Waals surface area contributed by atoms with Crippen molar-refractivity contribution in [2.24, 2.45) is 5.92 Å². The summed E-state index contributed by atoms with van der Waals surface area (Å²) in [6.45, 7) is 2.08. The van der Waals surface area contributed by atoms with E-state index in [0.29, 0.717) is 5.57 Å². The van der Waals surface area contributed by atoms with E-state index in [4.69, 9.17) is 0 Å². The quantitative estimate of drug-likeness (QED) is 0.311. The molecule has 0 radical (unpaired) electrons. The Hall–Kier alpha value is -2.66. The van der Waals surface area contributed by atoms with E-state index in [0.717, 1.165) is 25.6 Å². The number of allylic oxidation sites excluding steroid dienone is 2. The van der Waals surface area contributed by atoms with Crippen molar-refractivity contribution in [2.75, 3.05) is 0 Å². The number of benzene rings is 3. The van der Waals surface area contributed by atoms with Gasteiger partial charge in [-0.15, -0.1) is 0 Å². The van der Waals surface area contributed by atoms with Gasteiger partial charge in [-0.05, 0) is 46.9 Å². The Morgan fingerprint density at radius 1 is 0.800 bits per heavy atom. The minimum Gasteiger partial charge on any atom is -0.198 e. The minimum absolute atomic E-state index is 0.0287. The van der Waals surface area contributed by atoms with Gasteiger partial charge in [-0.3, -0.25) is 0 Å². The predicted octanol–water partition coefficient (Wildman–Crippen LogP) is 7.85. The van der Waals surface area contributed by atoms with Crippen LogP contribution in [0.5, 0.6) is 0 Å². The van der Waals surface area contributed by atoms with Crippen molar-refractivity contribution in [3.05, 3.63) is 111 Å². The first-order valence-electron chi connectivity index (χ1n) is 9.61. The molecule has 3 aromatic carbocycles. The molecule has 0 aliphatic rings. The van der Waals surface area contributed by atoms with Gasteiger partial charge in [0.2, 0.25) is 0 Å². The molecular formula is C26H20Br2N2. The topological polar surface area (TPSA) is 47.6 Å². The molecule has 3 unspecified atom stereocenters. The molecule has 4 heteroatoms. The average Bonchev–Trinajstić information content (AvgIpc) is 2.77. The number of halogens is 2. The van der Waals surface area contributed by atoms with Crippen molar-refractivity contribution in [3.63, 3.8) is 0 Å². The van der Waals surface area contributed by atoms with E-state index in [9.17, 15) is 10.5 Å². The zero-order valence-electron chi connectivity index (χ0n) is 16.5. The summed E-state index contributed by atoms with van der Waals surface area (Å²) in [5, 5.41) is 19.9. The summed E-state index contributed by atoms with van der Waals surface area (Å²) in [5.74, 6) is -0.452. The Morgan fingerprint density at radius 3 is 1.90 bits per heavy atom. The predicted molar refractivity (Wildman–Crippen MR) is 129 cm³/mol. The Labute approximate surface area is 194 Å². The molecule has 0 N–H and O–H groups in total. The molecule has 0 amide bonds. The van der Waals surface area contributed by atoms with Gasteiger partial charge in [-0.2, -0.15) is 10.5 Å². The number of nitriles is 2. The first kappa shape index (κ1) is 22.0. The van der Waals surface area contributed by atoms with Gasteiger partial charge in [-0.1, -0.05) is 99.5 Å². The van der Waals surface area contributed by atoms with Crippen molar-refractivity contribution in [2.45, 2.75) is 18.8 Å². The van der Waals surface area contributed by atoms with E-state index in [-0.39, 0.29) is 17.8 Å². The Bertz CT molecular complexity index is 1090. The molecule has 0 bridgehead atoms. The summed E-state index contributed by atoms with van der Waals surface area (Å²) in [6.07, 6.45) is 1.99. The van der Waals surface area contributed by atoms with E-state index in [1.165, 1.54) is 0 Å². The maximum atomic E-state index is 10.1. The first-order chi connectivity index (χ1) is 14.5. The Kier molecular flexibility index (Phi) is 7.63. The van der Waals surface area contributed by atoms with Crippen LogP contribution >= 0.6 is 31.9 Å². The van der Waals surface area contributed by atoms with Crippen LogP contribution in [0.1, 0.15) is 35.4 Å². The van der Waals surface area contributed by atoms with Crippen LogP contribution in [-0.2, 0) is 0 Å². The normalized spacial score (nSPS) is 14.2. The van der Waals surface area contributed by atoms with Crippen LogP contribution in [0.2, 0.25) is 0 Å². The molecule has 0 heterocycles. The Morgan fingerprint density at radius 2 is 1.37 bits per heavy atom. The van der Waals surface area contributed by atoms with Gasteiger partial charge in [0.25, 0.3) is 0 Å². The fourth-order valence-corrected chi connectivity index (χ4v) is 4.23. The lowest BCUT2D eigenvalue weighted by Crippen LogP contribution is -2.17. The molecule has 148 valence electrons. The molecule has 0 fully saturated rings. The van der Waals surface area contributed by atoms with E-state index in [2.05, 4.69) is 63.1 Å². The van der Waals surface area contributed by atoms with Gasteiger partial charge in [-0.25, -0.2) is 0 Å². The van der Waals surface area contributed by atoms with E-state index in [1.807, 2.05) is 72.8 Å². The molecule has 2 nitrogen and oxygen atoms in total. The SMILES string of the molecule is CC(/C=C(/C#N)c1ccc(Br)cc1)C(c1ccccc1)C(C#N)c1ccc(Br)cc1. The lowest BCUT2D eigenvalue weighted by atomic mass is 9.74. The molecule has 3 rings (SSSR count). The summed E-state index contributed by atoms with van der Waals surface area (Å²) in [4.78, 5) is 0. The minimum atomic E-state index is -0.336. The van der Waals surface area contributed by atoms with Crippen LogP contribution in [-0.4, -0.2) is 0 Å². The molecule has 0 spiro atoms. The van der Waals surface area contributed by atoms with Gasteiger partial charge in [0.1, 0.15) is 0 Å². The second-order valence-corrected chi connectivity index (χ2v) is 8.98. The van der Waals surface area contributed by atoms with Crippen LogP contribution in [0, 0.1) is 28.6 Å². The van der Waals surface area contributed by atoms with Crippen LogP contribution < -0.4 is 0 Å². The highest BCUT2D eigenvalue weighted by Crippen LogP contribution is 2.40. The van der Waals surface area contributed by atoms with Gasteiger partial charge in [0.05, 0.1) is 23.6 Å². The van der Waals surface area contributed by atoms with Crippen molar-refractivity contribution in [1.29, 1.82) is 10.5 Å². The second kappa shape index (κ2) is 10.4. The third-order valence-corrected chi connectivity index (χ3v) is 6.24. The van der Waals surface area contributed by atoms with Crippen LogP contribution in [0.15, 0.2) is 93.9 Å². The smallest absolute Gasteiger partial charge is 0.0994 e. The van der Waals surface area contributed by atoms with E-state index in [1.54, 1.807) is 0 Å². The lowest BCUT2D eigenvalue weighted by Gasteiger charge is -2.27. The van der Waals surface area contributed by atoms with Crippen LogP contribution in [0.25, 0.3) is 5.57 Å². The van der Waals surface area contributed by atoms with Crippen molar-refractivity contribution < 1.29 is 0 Å². The number of nitrogens with zero attached hydrogens (tertiary/aromatic N) is 2. The number of hydrogen-bond acceptors (Lipinski definition) is 2. The van der Waals surface area contributed by atoms with Gasteiger partial charge in [0, 0.05) is 14.9 Å². The van der Waals surface area contributed by atoms with Crippen LogP contribution in [0.3, 0.4) is 0 Å². The summed E-state index contributed by atoms with van der Waals surface area (Å²) >= 11 is 6.91. The first-order valence-corrected chi connectivity index (χ1v) is 11.2. The summed E-state index contributed by atoms with van der Waals surface area (Å²) < 4.78 is 1.95. The highest BCUT2D eigenvalue weighted by atomic mass is 79.9. The number of rotatable bonds is 6. The van der Waals surface area contributed by atoms with E-state index >= 15 is 0 Å². The van der Waals surface area contributed by atoms with Crippen molar-refractivity contribution >= 4 is 37.4 Å². The van der Waals surface area contributed by atoms with Gasteiger partial charge >= 0.3 is 0 Å². The summed E-state index contributed by atoms with van der Waals surface area (Å²) in [6, 6.07) is 30.6. The zero-order chi connectivity index (χ0) is 21.5. The maximum absolute atomic E-state index is 10.1. The molecular weight excluding hydrogens is 500 g/mol. The second-order valence-electron chi connectivity index (χ2n) is 7.15. The molecule has 3 aromatic rings. The third-order valence-electron chi connectivity index (χ3n) is 5.18. The Balaban J connectivity index is 2.05. The molecule has 0 aliphatic carbocycles. The summed E-state index contributed by atoms with van der Waals surface area (Å²) in [5.41, 5.74) is 3.54. The zero-order valence-corrected chi connectivity index (χ0v) is 19.6. The molecule has 3 atom stereocenters. The fraction of sp³-hybridized carbons (Fsp3) is 0.154. The highest BCUT2D eigenvalue weighted by molar-refractivity contribution is 9.10. The highest BCUT2D eigenvalue weighted by Gasteiger charge is 2.29.